The molecule has 4 heteroatoms. The molecule has 4 nitrogen and oxygen atoms in total. The van der Waals surface area contributed by atoms with Crippen LogP contribution in [0.2, 0.25) is 0 Å². The molecular formula is C20H27NO3. The molecule has 0 fully saturated rings. The number of benzene rings is 1. The van der Waals surface area contributed by atoms with Crippen LogP contribution in [0.25, 0.3) is 0 Å². The smallest absolute Gasteiger partial charge is 0.213 e. The number of hydrogen-bond donors (Lipinski definition) is 1. The number of nitrogens with zero attached hydrogens (tertiary/aromatic N) is 1. The number of pyridine rings is 1. The van der Waals surface area contributed by atoms with Crippen molar-refractivity contribution in [3.05, 3.63) is 46.6 Å². The van der Waals surface area contributed by atoms with Gasteiger partial charge in [-0.1, -0.05) is 26.8 Å². The maximum absolute atomic E-state index is 9.62. The van der Waals surface area contributed by atoms with Crippen LogP contribution in [-0.4, -0.2) is 24.3 Å². The lowest BCUT2D eigenvalue weighted by Gasteiger charge is -2.19. The van der Waals surface area contributed by atoms with Crippen molar-refractivity contribution in [2.75, 3.05) is 14.2 Å². The molecule has 0 radical (unpaired) electrons. The summed E-state index contributed by atoms with van der Waals surface area (Å²) in [6, 6.07) is 6.23. The second kappa shape index (κ2) is 7.56. The van der Waals surface area contributed by atoms with Crippen LogP contribution in [0.4, 0.5) is 0 Å². The molecule has 0 aliphatic rings. The van der Waals surface area contributed by atoms with Gasteiger partial charge in [-0.2, -0.15) is 0 Å². The van der Waals surface area contributed by atoms with E-state index in [4.69, 9.17) is 9.47 Å². The second-order valence-electron chi connectivity index (χ2n) is 6.58. The highest BCUT2D eigenvalue weighted by molar-refractivity contribution is 5.51. The zero-order valence-corrected chi connectivity index (χ0v) is 15.4. The Morgan fingerprint density at radius 3 is 2.29 bits per heavy atom. The van der Waals surface area contributed by atoms with Gasteiger partial charge in [0.15, 0.2) is 11.5 Å². The molecule has 0 aliphatic carbocycles. The van der Waals surface area contributed by atoms with E-state index in [-0.39, 0.29) is 11.8 Å². The van der Waals surface area contributed by atoms with Gasteiger partial charge in [0, 0.05) is 11.8 Å². The topological polar surface area (TPSA) is 51.6 Å². The first-order valence-corrected chi connectivity index (χ1v) is 8.27. The highest BCUT2D eigenvalue weighted by Gasteiger charge is 2.17. The van der Waals surface area contributed by atoms with Crippen molar-refractivity contribution in [3.63, 3.8) is 0 Å². The molecule has 1 aromatic carbocycles. The van der Waals surface area contributed by atoms with Crippen LogP contribution in [-0.2, 0) is 6.42 Å². The molecule has 2 rings (SSSR count). The number of methoxy groups -OCH3 is 2. The van der Waals surface area contributed by atoms with Gasteiger partial charge in [0.05, 0.1) is 14.2 Å². The minimum Gasteiger partial charge on any atom is -0.493 e. The predicted molar refractivity (Wildman–Crippen MR) is 96.4 cm³/mol. The molecule has 130 valence electrons. The summed E-state index contributed by atoms with van der Waals surface area (Å²) in [6.45, 7) is 8.35. The SMILES string of the molecule is COc1cc(C(C)C)cc(CC(C)c2cnc(O)c(C)c2)c1OC. The van der Waals surface area contributed by atoms with Crippen molar-refractivity contribution in [1.29, 1.82) is 0 Å². The molecule has 1 heterocycles. The summed E-state index contributed by atoms with van der Waals surface area (Å²) in [4.78, 5) is 4.06. The third-order valence-corrected chi connectivity index (χ3v) is 4.41. The molecule has 2 aromatic rings. The fourth-order valence-corrected chi connectivity index (χ4v) is 2.86. The fourth-order valence-electron chi connectivity index (χ4n) is 2.86. The second-order valence-corrected chi connectivity index (χ2v) is 6.58. The zero-order chi connectivity index (χ0) is 17.9. The van der Waals surface area contributed by atoms with E-state index in [1.54, 1.807) is 20.4 Å². The largest absolute Gasteiger partial charge is 0.493 e. The van der Waals surface area contributed by atoms with Gasteiger partial charge >= 0.3 is 0 Å². The highest BCUT2D eigenvalue weighted by Crippen LogP contribution is 2.37. The third kappa shape index (κ3) is 3.81. The lowest BCUT2D eigenvalue weighted by atomic mass is 9.91. The van der Waals surface area contributed by atoms with E-state index in [0.717, 1.165) is 34.6 Å². The van der Waals surface area contributed by atoms with E-state index < -0.39 is 0 Å². The summed E-state index contributed by atoms with van der Waals surface area (Å²) >= 11 is 0. The monoisotopic (exact) mass is 329 g/mol. The Bertz CT molecular complexity index is 710. The molecule has 0 bridgehead atoms. The average molecular weight is 329 g/mol. The minimum absolute atomic E-state index is 0.0898. The van der Waals surface area contributed by atoms with Gasteiger partial charge in [0.25, 0.3) is 0 Å². The van der Waals surface area contributed by atoms with Crippen molar-refractivity contribution in [1.82, 2.24) is 4.98 Å². The van der Waals surface area contributed by atoms with Gasteiger partial charge in [0.1, 0.15) is 0 Å². The number of rotatable bonds is 6. The Morgan fingerprint density at radius 2 is 1.75 bits per heavy atom. The molecule has 1 N–H and O–H groups in total. The van der Waals surface area contributed by atoms with E-state index in [0.29, 0.717) is 5.92 Å². The van der Waals surface area contributed by atoms with Crippen LogP contribution >= 0.6 is 0 Å². The van der Waals surface area contributed by atoms with Crippen LogP contribution in [0.5, 0.6) is 17.4 Å². The maximum Gasteiger partial charge on any atom is 0.213 e. The van der Waals surface area contributed by atoms with Gasteiger partial charge in [0.2, 0.25) is 5.88 Å². The Morgan fingerprint density at radius 1 is 1.04 bits per heavy atom. The normalized spacial score (nSPS) is 12.3. The Labute approximate surface area is 144 Å². The molecule has 1 unspecified atom stereocenters. The zero-order valence-electron chi connectivity index (χ0n) is 15.4. The average Bonchev–Trinajstić information content (AvgIpc) is 2.56. The van der Waals surface area contributed by atoms with Crippen molar-refractivity contribution >= 4 is 0 Å². The highest BCUT2D eigenvalue weighted by atomic mass is 16.5. The molecule has 1 atom stereocenters. The van der Waals surface area contributed by atoms with E-state index >= 15 is 0 Å². The number of aryl methyl sites for hydroxylation is 1. The van der Waals surface area contributed by atoms with Gasteiger partial charge in [-0.25, -0.2) is 4.98 Å². The first-order valence-electron chi connectivity index (χ1n) is 8.27. The van der Waals surface area contributed by atoms with Gasteiger partial charge < -0.3 is 14.6 Å². The summed E-state index contributed by atoms with van der Waals surface area (Å²) in [6.07, 6.45) is 2.55. The minimum atomic E-state index is 0.0898. The maximum atomic E-state index is 9.62. The first-order chi connectivity index (χ1) is 11.4. The summed E-state index contributed by atoms with van der Waals surface area (Å²) in [5.74, 6) is 2.31. The van der Waals surface area contributed by atoms with Crippen molar-refractivity contribution in [2.45, 2.75) is 46.0 Å². The van der Waals surface area contributed by atoms with Crippen LogP contribution < -0.4 is 9.47 Å². The lowest BCUT2D eigenvalue weighted by Crippen LogP contribution is -2.05. The number of aromatic nitrogens is 1. The van der Waals surface area contributed by atoms with E-state index in [1.807, 2.05) is 19.1 Å². The lowest BCUT2D eigenvalue weighted by molar-refractivity contribution is 0.350. The first kappa shape index (κ1) is 18.1. The van der Waals surface area contributed by atoms with Crippen molar-refractivity contribution < 1.29 is 14.6 Å². The molecular weight excluding hydrogens is 302 g/mol. The number of ether oxygens (including phenoxy) is 2. The molecule has 0 amide bonds. The van der Waals surface area contributed by atoms with Gasteiger partial charge in [-0.05, 0) is 54.0 Å². The summed E-state index contributed by atoms with van der Waals surface area (Å²) in [5, 5.41) is 9.62. The van der Waals surface area contributed by atoms with Gasteiger partial charge in [-0.3, -0.25) is 0 Å². The van der Waals surface area contributed by atoms with Crippen molar-refractivity contribution in [2.24, 2.45) is 0 Å². The Balaban J connectivity index is 2.39. The third-order valence-electron chi connectivity index (χ3n) is 4.41. The molecule has 1 aromatic heterocycles. The van der Waals surface area contributed by atoms with Crippen LogP contribution in [0, 0.1) is 6.92 Å². The Kier molecular flexibility index (Phi) is 5.71. The Hall–Kier alpha value is -2.23. The molecule has 0 saturated carbocycles. The summed E-state index contributed by atoms with van der Waals surface area (Å²) in [5.41, 5.74) is 4.25. The molecule has 24 heavy (non-hydrogen) atoms. The van der Waals surface area contributed by atoms with E-state index in [1.165, 1.54) is 5.56 Å². The standard InChI is InChI=1S/C20H27NO3/c1-12(2)15-9-16(19(24-6)18(10-15)23-5)7-13(3)17-8-14(4)20(22)21-11-17/h8-13H,7H2,1-6H3,(H,21,22). The summed E-state index contributed by atoms with van der Waals surface area (Å²) < 4.78 is 11.1. The molecule has 0 saturated heterocycles. The summed E-state index contributed by atoms with van der Waals surface area (Å²) in [7, 11) is 3.34. The number of hydrogen-bond acceptors (Lipinski definition) is 4. The van der Waals surface area contributed by atoms with Crippen molar-refractivity contribution in [3.8, 4) is 17.4 Å². The van der Waals surface area contributed by atoms with Crippen LogP contribution in [0.15, 0.2) is 24.4 Å². The van der Waals surface area contributed by atoms with Crippen LogP contribution in [0.1, 0.15) is 54.9 Å². The van der Waals surface area contributed by atoms with Crippen LogP contribution in [0.3, 0.4) is 0 Å². The quantitative estimate of drug-likeness (QED) is 0.842. The number of aromatic hydroxyl groups is 1. The predicted octanol–water partition coefficient (Wildman–Crippen LogP) is 4.58. The molecule has 0 spiro atoms. The molecule has 0 aliphatic heterocycles. The van der Waals surface area contributed by atoms with Gasteiger partial charge in [-0.15, -0.1) is 0 Å². The fraction of sp³-hybridized carbons (Fsp3) is 0.450. The van der Waals surface area contributed by atoms with E-state index in [9.17, 15) is 5.11 Å². The van der Waals surface area contributed by atoms with E-state index in [2.05, 4.69) is 31.8 Å².